The summed E-state index contributed by atoms with van der Waals surface area (Å²) in [5.41, 5.74) is 2.23. The third-order valence-electron chi connectivity index (χ3n) is 6.48. The van der Waals surface area contributed by atoms with Crippen LogP contribution in [0.15, 0.2) is 61.3 Å². The summed E-state index contributed by atoms with van der Waals surface area (Å²) >= 11 is 0. The third kappa shape index (κ3) is 5.08. The first-order valence-electron chi connectivity index (χ1n) is 10.8. The molecule has 0 aliphatic carbocycles. The van der Waals surface area contributed by atoms with Gasteiger partial charge < -0.3 is 24.8 Å². The average Bonchev–Trinajstić information content (AvgIpc) is 2.82. The van der Waals surface area contributed by atoms with Crippen molar-refractivity contribution in [2.75, 3.05) is 20.8 Å². The summed E-state index contributed by atoms with van der Waals surface area (Å²) in [5, 5.41) is 13.5. The molecule has 2 aromatic carbocycles. The molecule has 0 bridgehead atoms. The van der Waals surface area contributed by atoms with E-state index >= 15 is 0 Å². The van der Waals surface area contributed by atoms with Crippen molar-refractivity contribution in [3.63, 3.8) is 0 Å². The molecule has 1 aliphatic heterocycles. The van der Waals surface area contributed by atoms with Crippen LogP contribution in [0.2, 0.25) is 0 Å². The van der Waals surface area contributed by atoms with E-state index in [0.717, 1.165) is 17.1 Å². The summed E-state index contributed by atoms with van der Waals surface area (Å²) < 4.78 is 10.9. The molecule has 32 heavy (non-hydrogen) atoms. The third-order valence-corrected chi connectivity index (χ3v) is 7.26. The average molecular weight is 457 g/mol. The fraction of sp³-hybridized carbons (Fsp3) is 0.400. The minimum atomic E-state index is -0.784. The predicted molar refractivity (Wildman–Crippen MR) is 130 cm³/mol. The van der Waals surface area contributed by atoms with E-state index in [0.29, 0.717) is 13.1 Å². The van der Waals surface area contributed by atoms with Gasteiger partial charge in [0.1, 0.15) is 11.5 Å². The van der Waals surface area contributed by atoms with Gasteiger partial charge in [0.05, 0.1) is 26.2 Å². The predicted octanol–water partition coefficient (Wildman–Crippen LogP) is 3.94. The molecule has 1 aliphatic rings. The highest BCUT2D eigenvalue weighted by molar-refractivity contribution is 7.17. The molecule has 2 aromatic rings. The van der Waals surface area contributed by atoms with Crippen LogP contribution < -0.4 is 14.8 Å². The van der Waals surface area contributed by atoms with Crippen LogP contribution in [0.5, 0.6) is 11.5 Å². The van der Waals surface area contributed by atoms with Crippen LogP contribution in [0.4, 0.5) is 0 Å². The van der Waals surface area contributed by atoms with E-state index in [1.165, 1.54) is 5.56 Å². The molecule has 1 fully saturated rings. The number of aliphatic carboxylic acids is 1. The number of rotatable bonds is 9. The van der Waals surface area contributed by atoms with Crippen molar-refractivity contribution < 1.29 is 19.4 Å². The number of carboxylic acids is 1. The van der Waals surface area contributed by atoms with Crippen LogP contribution in [0.1, 0.15) is 23.7 Å². The molecule has 2 unspecified atom stereocenters. The van der Waals surface area contributed by atoms with Gasteiger partial charge in [-0.1, -0.05) is 43.8 Å². The maximum Gasteiger partial charge on any atom is 0.308 e. The van der Waals surface area contributed by atoms with Gasteiger partial charge in [-0.15, -0.1) is 9.24 Å². The van der Waals surface area contributed by atoms with Gasteiger partial charge in [-0.2, -0.15) is 0 Å². The molecule has 6 nitrogen and oxygen atoms in total. The van der Waals surface area contributed by atoms with Gasteiger partial charge in [-0.3, -0.25) is 4.79 Å². The molecule has 1 saturated heterocycles. The van der Waals surface area contributed by atoms with Crippen LogP contribution >= 0.6 is 9.24 Å². The van der Waals surface area contributed by atoms with Crippen molar-refractivity contribution in [1.82, 2.24) is 10.2 Å². The van der Waals surface area contributed by atoms with E-state index in [9.17, 15) is 9.90 Å². The second kappa shape index (κ2) is 10.8. The first-order chi connectivity index (χ1) is 15.4. The number of piperidine rings is 1. The standard InChI is InChI=1S/C25H33N2O4P/c1-5-27-15-20(25(28)29)16(2)22(23(27)24(32)17-9-7-6-8-10-17)26-14-18-13-19(30-3)11-12-21(18)31-4/h5-13,16,20,22-24,26H,1,14-15,32H2,2-4H3,(H,28,29)/t16?,20-,22-,23+,24-/m1/s1. The number of hydrogen-bond acceptors (Lipinski definition) is 5. The normalized spacial score (nSPS) is 23.9. The number of nitrogens with zero attached hydrogens (tertiary/aromatic N) is 1. The van der Waals surface area contributed by atoms with Crippen LogP contribution in [-0.4, -0.2) is 48.8 Å². The number of ether oxygens (including phenoxy) is 2. The van der Waals surface area contributed by atoms with Crippen LogP contribution in [-0.2, 0) is 11.3 Å². The fourth-order valence-electron chi connectivity index (χ4n) is 4.64. The number of carboxylic acid groups (broad SMARTS) is 1. The monoisotopic (exact) mass is 456 g/mol. The van der Waals surface area contributed by atoms with Gasteiger partial charge in [0.15, 0.2) is 0 Å². The van der Waals surface area contributed by atoms with E-state index in [1.54, 1.807) is 20.4 Å². The zero-order valence-corrected chi connectivity index (χ0v) is 20.1. The molecule has 0 spiro atoms. The molecule has 3 rings (SSSR count). The smallest absolute Gasteiger partial charge is 0.308 e. The summed E-state index contributed by atoms with van der Waals surface area (Å²) in [5.74, 6) is 0.145. The van der Waals surface area contributed by atoms with E-state index in [1.807, 2.05) is 43.3 Å². The number of carbonyl (C=O) groups is 1. The van der Waals surface area contributed by atoms with Crippen molar-refractivity contribution in [2.45, 2.75) is 31.2 Å². The SMILES string of the molecule is C=CN1C[C@@H](C(=O)O)C(C)[C@@H](NCc2cc(OC)ccc2OC)[C@H]1[C@H](P)c1ccccc1. The Morgan fingerprint density at radius 2 is 2.00 bits per heavy atom. The first kappa shape index (κ1) is 24.1. The van der Waals surface area contributed by atoms with Crippen LogP contribution in [0.25, 0.3) is 0 Å². The zero-order chi connectivity index (χ0) is 23.3. The lowest BCUT2D eigenvalue weighted by Crippen LogP contribution is -2.61. The molecule has 172 valence electrons. The molecule has 0 amide bonds. The Morgan fingerprint density at radius 3 is 2.59 bits per heavy atom. The number of hydrogen-bond donors (Lipinski definition) is 2. The van der Waals surface area contributed by atoms with Crippen molar-refractivity contribution >= 4 is 15.2 Å². The zero-order valence-electron chi connectivity index (χ0n) is 18.9. The highest BCUT2D eigenvalue weighted by atomic mass is 31.0. The molecule has 6 atom stereocenters. The molecule has 0 radical (unpaired) electrons. The van der Waals surface area contributed by atoms with E-state index in [4.69, 9.17) is 9.47 Å². The lowest BCUT2D eigenvalue weighted by molar-refractivity contribution is -0.147. The minimum Gasteiger partial charge on any atom is -0.497 e. The largest absolute Gasteiger partial charge is 0.497 e. The number of methoxy groups -OCH3 is 2. The summed E-state index contributed by atoms with van der Waals surface area (Å²) in [4.78, 5) is 14.1. The molecule has 1 heterocycles. The Kier molecular flexibility index (Phi) is 8.16. The van der Waals surface area contributed by atoms with Gasteiger partial charge >= 0.3 is 5.97 Å². The van der Waals surface area contributed by atoms with Gasteiger partial charge in [0, 0.05) is 30.4 Å². The Labute approximate surface area is 192 Å². The van der Waals surface area contributed by atoms with Gasteiger partial charge in [-0.05, 0) is 35.9 Å². The van der Waals surface area contributed by atoms with Crippen LogP contribution in [0, 0.1) is 11.8 Å². The summed E-state index contributed by atoms with van der Waals surface area (Å²) in [7, 11) is 6.24. The topological polar surface area (TPSA) is 71.0 Å². The van der Waals surface area contributed by atoms with Gasteiger partial charge in [-0.25, -0.2) is 0 Å². The number of likely N-dealkylation sites (tertiary alicyclic amines) is 1. The lowest BCUT2D eigenvalue weighted by Gasteiger charge is -2.49. The Hall–Kier alpha value is -2.56. The second-order valence-electron chi connectivity index (χ2n) is 8.19. The van der Waals surface area contributed by atoms with Gasteiger partial charge in [0.2, 0.25) is 0 Å². The Balaban J connectivity index is 1.95. The van der Waals surface area contributed by atoms with Crippen LogP contribution in [0.3, 0.4) is 0 Å². The maximum absolute atomic E-state index is 12.0. The van der Waals surface area contributed by atoms with E-state index in [-0.39, 0.29) is 23.7 Å². The molecule has 0 saturated carbocycles. The molecular weight excluding hydrogens is 423 g/mol. The lowest BCUT2D eigenvalue weighted by atomic mass is 9.77. The van der Waals surface area contributed by atoms with E-state index < -0.39 is 11.9 Å². The fourth-order valence-corrected chi connectivity index (χ4v) is 5.32. The number of nitrogens with one attached hydrogen (secondary N) is 1. The van der Waals surface area contributed by atoms with Crippen molar-refractivity contribution in [2.24, 2.45) is 11.8 Å². The van der Waals surface area contributed by atoms with Crippen molar-refractivity contribution in [3.8, 4) is 11.5 Å². The molecule has 7 heteroatoms. The summed E-state index contributed by atoms with van der Waals surface area (Å²) in [6.45, 7) is 6.97. The number of benzene rings is 2. The molecule has 2 N–H and O–H groups in total. The quantitative estimate of drug-likeness (QED) is 0.557. The summed E-state index contributed by atoms with van der Waals surface area (Å²) in [6, 6.07) is 15.9. The maximum atomic E-state index is 12.0. The highest BCUT2D eigenvalue weighted by Gasteiger charge is 2.45. The summed E-state index contributed by atoms with van der Waals surface area (Å²) in [6.07, 6.45) is 1.77. The highest BCUT2D eigenvalue weighted by Crippen LogP contribution is 2.40. The minimum absolute atomic E-state index is 0.0158. The molecular formula is C25H33N2O4P. The van der Waals surface area contributed by atoms with Crippen molar-refractivity contribution in [1.29, 1.82) is 0 Å². The van der Waals surface area contributed by atoms with Gasteiger partial charge in [0.25, 0.3) is 0 Å². The second-order valence-corrected chi connectivity index (χ2v) is 8.91. The van der Waals surface area contributed by atoms with E-state index in [2.05, 4.69) is 38.2 Å². The van der Waals surface area contributed by atoms with Crippen molar-refractivity contribution in [3.05, 3.63) is 72.4 Å². The Morgan fingerprint density at radius 1 is 1.28 bits per heavy atom. The first-order valence-corrected chi connectivity index (χ1v) is 11.4. The molecule has 0 aromatic heterocycles. The Bertz CT molecular complexity index is 923.